The summed E-state index contributed by atoms with van der Waals surface area (Å²) in [6.45, 7) is 2.90. The number of carbonyl (C=O) groups excluding carboxylic acids is 2. The van der Waals surface area contributed by atoms with Gasteiger partial charge in [-0.05, 0) is 60.4 Å². The summed E-state index contributed by atoms with van der Waals surface area (Å²) < 4.78 is 1.04. The Morgan fingerprint density at radius 3 is 2.06 bits per heavy atom. The van der Waals surface area contributed by atoms with Crippen LogP contribution in [0.2, 0.25) is 0 Å². The normalized spacial score (nSPS) is 14.2. The minimum absolute atomic E-state index is 0.0275. The Hall–Kier alpha value is -2.92. The van der Waals surface area contributed by atoms with Crippen LogP contribution in [0.15, 0.2) is 83.3 Å². The van der Waals surface area contributed by atoms with E-state index in [1.54, 1.807) is 0 Å². The minimum atomic E-state index is 0.0275. The Bertz CT molecular complexity index is 1030. The first-order valence-corrected chi connectivity index (χ1v) is 11.8. The maximum atomic E-state index is 13.6. The topological polar surface area (TPSA) is 40.6 Å². The third-order valence-electron chi connectivity index (χ3n) is 6.05. The average molecular weight is 491 g/mol. The third kappa shape index (κ3) is 5.65. The molecule has 4 rings (SSSR count). The van der Waals surface area contributed by atoms with E-state index in [4.69, 9.17) is 0 Å². The van der Waals surface area contributed by atoms with Crippen molar-refractivity contribution in [3.63, 3.8) is 0 Å². The van der Waals surface area contributed by atoms with Crippen LogP contribution < -0.4 is 4.90 Å². The molecule has 164 valence electrons. The lowest BCUT2D eigenvalue weighted by Gasteiger charge is -2.35. The molecule has 0 unspecified atom stereocenters. The minimum Gasteiger partial charge on any atom is -0.371 e. The molecule has 0 N–H and O–H groups in total. The van der Waals surface area contributed by atoms with E-state index in [-0.39, 0.29) is 11.8 Å². The van der Waals surface area contributed by atoms with E-state index in [0.29, 0.717) is 18.7 Å². The average Bonchev–Trinajstić information content (AvgIpc) is 2.85. The van der Waals surface area contributed by atoms with E-state index in [1.165, 1.54) is 0 Å². The van der Waals surface area contributed by atoms with E-state index in [1.807, 2.05) is 59.5 Å². The van der Waals surface area contributed by atoms with Gasteiger partial charge in [-0.2, -0.15) is 0 Å². The molecule has 0 aliphatic carbocycles. The largest absolute Gasteiger partial charge is 0.371 e. The van der Waals surface area contributed by atoms with Gasteiger partial charge in [-0.25, -0.2) is 0 Å². The third-order valence-corrected chi connectivity index (χ3v) is 6.58. The van der Waals surface area contributed by atoms with Crippen LogP contribution in [0.25, 0.3) is 0 Å². The molecule has 1 amide bonds. The lowest BCUT2D eigenvalue weighted by molar-refractivity contribution is -0.137. The van der Waals surface area contributed by atoms with Crippen molar-refractivity contribution < 1.29 is 9.59 Å². The van der Waals surface area contributed by atoms with Crippen molar-refractivity contribution in [3.8, 4) is 0 Å². The van der Waals surface area contributed by atoms with Crippen molar-refractivity contribution in [3.05, 3.63) is 100 Å². The van der Waals surface area contributed by atoms with Gasteiger partial charge in [-0.15, -0.1) is 0 Å². The zero-order chi connectivity index (χ0) is 22.3. The fourth-order valence-corrected chi connectivity index (χ4v) is 4.50. The fourth-order valence-electron chi connectivity index (χ4n) is 4.23. The van der Waals surface area contributed by atoms with E-state index in [9.17, 15) is 9.59 Å². The standard InChI is InChI=1S/C27H27BrN2O2/c28-25-10-6-22(7-11-25)19-30(18-21-4-2-1-3-5-21)27(32)24-14-16-29(17-15-24)26-12-8-23(20-31)9-13-26/h1-13,20,24H,14-19H2. The molecule has 5 heteroatoms. The number of benzene rings is 3. The highest BCUT2D eigenvalue weighted by atomic mass is 79.9. The quantitative estimate of drug-likeness (QED) is 0.398. The molecule has 1 saturated heterocycles. The first-order valence-electron chi connectivity index (χ1n) is 11.0. The maximum Gasteiger partial charge on any atom is 0.226 e. The number of rotatable bonds is 7. The Balaban J connectivity index is 1.44. The molecular weight excluding hydrogens is 464 g/mol. The Kier molecular flexibility index (Phi) is 7.38. The molecule has 0 atom stereocenters. The Morgan fingerprint density at radius 1 is 0.875 bits per heavy atom. The van der Waals surface area contributed by atoms with Gasteiger partial charge in [0.1, 0.15) is 6.29 Å². The van der Waals surface area contributed by atoms with Gasteiger partial charge in [0.25, 0.3) is 0 Å². The van der Waals surface area contributed by atoms with Gasteiger partial charge >= 0.3 is 0 Å². The molecular formula is C27H27BrN2O2. The number of hydrogen-bond acceptors (Lipinski definition) is 3. The zero-order valence-corrected chi connectivity index (χ0v) is 19.6. The van der Waals surface area contributed by atoms with Crippen LogP contribution in [0.3, 0.4) is 0 Å². The monoisotopic (exact) mass is 490 g/mol. The molecule has 1 aliphatic rings. The smallest absolute Gasteiger partial charge is 0.226 e. The first-order chi connectivity index (χ1) is 15.6. The predicted octanol–water partition coefficient (Wildman–Crippen LogP) is 5.71. The second-order valence-corrected chi connectivity index (χ2v) is 9.19. The molecule has 4 nitrogen and oxygen atoms in total. The summed E-state index contributed by atoms with van der Waals surface area (Å²) >= 11 is 3.49. The lowest BCUT2D eigenvalue weighted by Crippen LogP contribution is -2.42. The number of halogens is 1. The number of hydrogen-bond donors (Lipinski definition) is 0. The van der Waals surface area contributed by atoms with Gasteiger partial charge in [0.15, 0.2) is 0 Å². The van der Waals surface area contributed by atoms with Crippen molar-refractivity contribution in [1.29, 1.82) is 0 Å². The summed E-state index contributed by atoms with van der Waals surface area (Å²) in [5.41, 5.74) is 4.07. The summed E-state index contributed by atoms with van der Waals surface area (Å²) in [6, 6.07) is 26.0. The molecule has 0 aromatic heterocycles. The summed E-state index contributed by atoms with van der Waals surface area (Å²) in [5, 5.41) is 0. The molecule has 32 heavy (non-hydrogen) atoms. The SMILES string of the molecule is O=Cc1ccc(N2CCC(C(=O)N(Cc3ccccc3)Cc3ccc(Br)cc3)CC2)cc1. The number of aldehydes is 1. The van der Waals surface area contributed by atoms with Crippen molar-refractivity contribution >= 4 is 33.8 Å². The number of nitrogens with zero attached hydrogens (tertiary/aromatic N) is 2. The summed E-state index contributed by atoms with van der Waals surface area (Å²) in [6.07, 6.45) is 2.53. The highest BCUT2D eigenvalue weighted by molar-refractivity contribution is 9.10. The Labute approximate surface area is 198 Å². The molecule has 3 aromatic rings. The molecule has 1 heterocycles. The van der Waals surface area contributed by atoms with Crippen LogP contribution >= 0.6 is 15.9 Å². The molecule has 3 aromatic carbocycles. The van der Waals surface area contributed by atoms with Crippen LogP contribution in [-0.4, -0.2) is 30.2 Å². The van der Waals surface area contributed by atoms with E-state index in [2.05, 4.69) is 45.1 Å². The van der Waals surface area contributed by atoms with Gasteiger partial charge in [-0.1, -0.05) is 58.4 Å². The molecule has 0 radical (unpaired) electrons. The second kappa shape index (κ2) is 10.6. The predicted molar refractivity (Wildman–Crippen MR) is 132 cm³/mol. The molecule has 0 bridgehead atoms. The van der Waals surface area contributed by atoms with Gasteiger partial charge in [0.05, 0.1) is 0 Å². The van der Waals surface area contributed by atoms with Gasteiger partial charge in [0.2, 0.25) is 5.91 Å². The molecule has 1 fully saturated rings. The molecule has 0 saturated carbocycles. The van der Waals surface area contributed by atoms with E-state index < -0.39 is 0 Å². The van der Waals surface area contributed by atoms with Crippen LogP contribution in [0.1, 0.15) is 34.3 Å². The number of amides is 1. The highest BCUT2D eigenvalue weighted by Crippen LogP contribution is 2.26. The van der Waals surface area contributed by atoms with E-state index in [0.717, 1.165) is 53.5 Å². The van der Waals surface area contributed by atoms with Crippen molar-refractivity contribution in [2.24, 2.45) is 5.92 Å². The summed E-state index contributed by atoms with van der Waals surface area (Å²) in [4.78, 5) is 28.8. The van der Waals surface area contributed by atoms with E-state index >= 15 is 0 Å². The second-order valence-electron chi connectivity index (χ2n) is 8.28. The first kappa shape index (κ1) is 22.3. The maximum absolute atomic E-state index is 13.6. The van der Waals surface area contributed by atoms with Crippen molar-refractivity contribution in [2.45, 2.75) is 25.9 Å². The number of anilines is 1. The van der Waals surface area contributed by atoms with Crippen molar-refractivity contribution in [1.82, 2.24) is 4.90 Å². The molecule has 0 spiro atoms. The van der Waals surface area contributed by atoms with Gasteiger partial charge in [0, 0.05) is 47.8 Å². The fraction of sp³-hybridized carbons (Fsp3) is 0.259. The van der Waals surface area contributed by atoms with Crippen LogP contribution in [0.5, 0.6) is 0 Å². The van der Waals surface area contributed by atoms with Crippen molar-refractivity contribution in [2.75, 3.05) is 18.0 Å². The van der Waals surface area contributed by atoms with Crippen LogP contribution in [0.4, 0.5) is 5.69 Å². The summed E-state index contributed by atoms with van der Waals surface area (Å²) in [7, 11) is 0. The highest BCUT2D eigenvalue weighted by Gasteiger charge is 2.29. The van der Waals surface area contributed by atoms with Crippen LogP contribution in [0, 0.1) is 5.92 Å². The number of piperidine rings is 1. The van der Waals surface area contributed by atoms with Gasteiger partial charge in [-0.3, -0.25) is 9.59 Å². The Morgan fingerprint density at radius 2 is 1.47 bits per heavy atom. The number of carbonyl (C=O) groups is 2. The van der Waals surface area contributed by atoms with Gasteiger partial charge < -0.3 is 9.80 Å². The zero-order valence-electron chi connectivity index (χ0n) is 18.0. The summed E-state index contributed by atoms with van der Waals surface area (Å²) in [5.74, 6) is 0.257. The van der Waals surface area contributed by atoms with Crippen LogP contribution in [-0.2, 0) is 17.9 Å². The lowest BCUT2D eigenvalue weighted by atomic mass is 9.94. The molecule has 1 aliphatic heterocycles.